The van der Waals surface area contributed by atoms with Gasteiger partial charge in [-0.2, -0.15) is 0 Å². The molecule has 17 heavy (non-hydrogen) atoms. The molecule has 0 spiro atoms. The predicted molar refractivity (Wildman–Crippen MR) is 71.7 cm³/mol. The number of benzene rings is 1. The maximum Gasteiger partial charge on any atom is 0.0737 e. The van der Waals surface area contributed by atoms with E-state index in [1.807, 2.05) is 31.2 Å². The van der Waals surface area contributed by atoms with Gasteiger partial charge in [0.2, 0.25) is 0 Å². The molecule has 0 aliphatic rings. The van der Waals surface area contributed by atoms with Crippen LogP contribution in [-0.2, 0) is 4.74 Å². The van der Waals surface area contributed by atoms with E-state index in [1.54, 1.807) is 13.3 Å². The molecule has 3 nitrogen and oxygen atoms in total. The highest BCUT2D eigenvalue weighted by molar-refractivity contribution is 6.31. The first-order valence-electron chi connectivity index (χ1n) is 5.51. The molecule has 1 heterocycles. The fourth-order valence-corrected chi connectivity index (χ4v) is 1.78. The lowest BCUT2D eigenvalue weighted by atomic mass is 10.2. The third kappa shape index (κ3) is 2.87. The zero-order chi connectivity index (χ0) is 12.3. The fraction of sp³-hybridized carbons (Fsp3) is 0.308. The first-order valence-corrected chi connectivity index (χ1v) is 5.89. The molecule has 2 aromatic rings. The van der Waals surface area contributed by atoms with Crippen molar-refractivity contribution in [3.8, 4) is 0 Å². The van der Waals surface area contributed by atoms with E-state index in [0.717, 1.165) is 23.1 Å². The number of anilines is 1. The molecule has 1 N–H and O–H groups in total. The summed E-state index contributed by atoms with van der Waals surface area (Å²) in [5, 5.41) is 5.12. The second-order valence-corrected chi connectivity index (χ2v) is 4.38. The van der Waals surface area contributed by atoms with Crippen molar-refractivity contribution in [2.75, 3.05) is 19.0 Å². The van der Waals surface area contributed by atoms with Crippen molar-refractivity contribution in [3.05, 3.63) is 35.5 Å². The number of methoxy groups -OCH3 is 1. The van der Waals surface area contributed by atoms with Crippen LogP contribution in [0.3, 0.4) is 0 Å². The minimum atomic E-state index is 0.172. The van der Waals surface area contributed by atoms with Gasteiger partial charge in [-0.05, 0) is 31.2 Å². The van der Waals surface area contributed by atoms with Crippen LogP contribution in [0.1, 0.15) is 6.92 Å². The third-order valence-corrected chi connectivity index (χ3v) is 2.92. The van der Waals surface area contributed by atoms with Gasteiger partial charge in [0, 0.05) is 35.9 Å². The maximum absolute atomic E-state index is 5.94. The lowest BCUT2D eigenvalue weighted by Crippen LogP contribution is -2.18. The van der Waals surface area contributed by atoms with E-state index >= 15 is 0 Å². The molecule has 0 radical (unpaired) electrons. The van der Waals surface area contributed by atoms with Gasteiger partial charge in [0.25, 0.3) is 0 Å². The summed E-state index contributed by atoms with van der Waals surface area (Å²) in [5.41, 5.74) is 1.95. The number of aromatic nitrogens is 1. The van der Waals surface area contributed by atoms with E-state index < -0.39 is 0 Å². The van der Waals surface area contributed by atoms with Gasteiger partial charge in [0.15, 0.2) is 0 Å². The maximum atomic E-state index is 5.94. The average molecular weight is 251 g/mol. The second kappa shape index (κ2) is 5.34. The quantitative estimate of drug-likeness (QED) is 0.904. The minimum absolute atomic E-state index is 0.172. The lowest BCUT2D eigenvalue weighted by molar-refractivity contribution is 0.129. The molecule has 0 amide bonds. The highest BCUT2D eigenvalue weighted by atomic mass is 35.5. The Morgan fingerprint density at radius 2 is 2.24 bits per heavy atom. The first kappa shape index (κ1) is 12.1. The lowest BCUT2D eigenvalue weighted by Gasteiger charge is -2.13. The van der Waals surface area contributed by atoms with E-state index in [0.29, 0.717) is 5.02 Å². The van der Waals surface area contributed by atoms with Crippen LogP contribution in [0.4, 0.5) is 5.69 Å². The highest BCUT2D eigenvalue weighted by Gasteiger charge is 2.04. The van der Waals surface area contributed by atoms with Crippen LogP contribution in [0, 0.1) is 0 Å². The smallest absolute Gasteiger partial charge is 0.0737 e. The monoisotopic (exact) mass is 250 g/mol. The fourth-order valence-electron chi connectivity index (χ4n) is 1.61. The zero-order valence-electron chi connectivity index (χ0n) is 9.90. The number of ether oxygens (including phenoxy) is 1. The van der Waals surface area contributed by atoms with Crippen LogP contribution >= 0.6 is 11.6 Å². The van der Waals surface area contributed by atoms with Gasteiger partial charge in [-0.1, -0.05) is 11.6 Å². The van der Waals surface area contributed by atoms with Crippen molar-refractivity contribution >= 4 is 28.2 Å². The molecule has 0 saturated heterocycles. The Morgan fingerprint density at radius 1 is 1.41 bits per heavy atom. The van der Waals surface area contributed by atoms with Crippen molar-refractivity contribution in [2.45, 2.75) is 13.0 Å². The van der Waals surface area contributed by atoms with Gasteiger partial charge in [0.05, 0.1) is 11.6 Å². The van der Waals surface area contributed by atoms with Crippen LogP contribution in [0.2, 0.25) is 5.02 Å². The van der Waals surface area contributed by atoms with Gasteiger partial charge in [-0.25, -0.2) is 0 Å². The number of nitrogens with zero attached hydrogens (tertiary/aromatic N) is 1. The van der Waals surface area contributed by atoms with Crippen LogP contribution in [-0.4, -0.2) is 24.7 Å². The third-order valence-electron chi connectivity index (χ3n) is 2.69. The molecule has 1 atom stereocenters. The number of rotatable bonds is 4. The summed E-state index contributed by atoms with van der Waals surface area (Å²) in [4.78, 5) is 4.29. The van der Waals surface area contributed by atoms with E-state index in [4.69, 9.17) is 16.3 Å². The minimum Gasteiger partial charge on any atom is -0.382 e. The van der Waals surface area contributed by atoms with Gasteiger partial charge in [-0.3, -0.25) is 4.98 Å². The number of pyridine rings is 1. The van der Waals surface area contributed by atoms with Crippen LogP contribution < -0.4 is 5.32 Å². The van der Waals surface area contributed by atoms with Gasteiger partial charge >= 0.3 is 0 Å². The van der Waals surface area contributed by atoms with Crippen LogP contribution in [0.15, 0.2) is 30.5 Å². The molecule has 2 rings (SSSR count). The SMILES string of the molecule is COC(C)CNc1ccnc2cc(Cl)ccc12. The topological polar surface area (TPSA) is 34.1 Å². The standard InChI is InChI=1S/C13H15ClN2O/c1-9(17-2)8-16-12-5-6-15-13-7-10(14)3-4-11(12)13/h3-7,9H,8H2,1-2H3,(H,15,16). The molecule has 4 heteroatoms. The molecule has 90 valence electrons. The molecule has 0 aliphatic heterocycles. The number of fused-ring (bicyclic) bond motifs is 1. The van der Waals surface area contributed by atoms with Crippen molar-refractivity contribution in [1.29, 1.82) is 0 Å². The summed E-state index contributed by atoms with van der Waals surface area (Å²) in [6.07, 6.45) is 1.95. The summed E-state index contributed by atoms with van der Waals surface area (Å²) in [6.45, 7) is 2.78. The Hall–Kier alpha value is -1.32. The summed E-state index contributed by atoms with van der Waals surface area (Å²) in [6, 6.07) is 7.67. The van der Waals surface area contributed by atoms with Gasteiger partial charge in [0.1, 0.15) is 0 Å². The Morgan fingerprint density at radius 3 is 3.00 bits per heavy atom. The number of halogens is 1. The van der Waals surface area contributed by atoms with E-state index in [2.05, 4.69) is 10.3 Å². The Kier molecular flexibility index (Phi) is 3.82. The average Bonchev–Trinajstić information content (AvgIpc) is 2.35. The number of hydrogen-bond donors (Lipinski definition) is 1. The molecule has 1 aromatic carbocycles. The Labute approximate surface area is 106 Å². The molecule has 0 aliphatic carbocycles. The summed E-state index contributed by atoms with van der Waals surface area (Å²) >= 11 is 5.94. The summed E-state index contributed by atoms with van der Waals surface area (Å²) < 4.78 is 5.20. The Bertz CT molecular complexity index is 516. The summed E-state index contributed by atoms with van der Waals surface area (Å²) in [7, 11) is 1.71. The van der Waals surface area contributed by atoms with Crippen molar-refractivity contribution < 1.29 is 4.74 Å². The number of hydrogen-bond acceptors (Lipinski definition) is 3. The zero-order valence-corrected chi connectivity index (χ0v) is 10.7. The predicted octanol–water partition coefficient (Wildman–Crippen LogP) is 3.34. The molecule has 0 fully saturated rings. The first-order chi connectivity index (χ1) is 8.20. The Balaban J connectivity index is 2.28. The van der Waals surface area contributed by atoms with Crippen LogP contribution in [0.25, 0.3) is 10.9 Å². The van der Waals surface area contributed by atoms with Crippen molar-refractivity contribution in [1.82, 2.24) is 4.98 Å². The van der Waals surface area contributed by atoms with Crippen LogP contribution in [0.5, 0.6) is 0 Å². The largest absolute Gasteiger partial charge is 0.382 e. The summed E-state index contributed by atoms with van der Waals surface area (Å²) in [5.74, 6) is 0. The molecule has 1 unspecified atom stereocenters. The molecule has 0 bridgehead atoms. The van der Waals surface area contributed by atoms with Crippen molar-refractivity contribution in [3.63, 3.8) is 0 Å². The molecule has 1 aromatic heterocycles. The molecular weight excluding hydrogens is 236 g/mol. The van der Waals surface area contributed by atoms with Crippen molar-refractivity contribution in [2.24, 2.45) is 0 Å². The number of nitrogens with one attached hydrogen (secondary N) is 1. The van der Waals surface area contributed by atoms with E-state index in [-0.39, 0.29) is 6.10 Å². The van der Waals surface area contributed by atoms with E-state index in [9.17, 15) is 0 Å². The second-order valence-electron chi connectivity index (χ2n) is 3.95. The highest BCUT2D eigenvalue weighted by Crippen LogP contribution is 2.24. The molecule has 0 saturated carbocycles. The van der Waals surface area contributed by atoms with E-state index in [1.165, 1.54) is 0 Å². The van der Waals surface area contributed by atoms with Gasteiger partial charge < -0.3 is 10.1 Å². The molecular formula is C13H15ClN2O. The normalized spacial score (nSPS) is 12.6. The van der Waals surface area contributed by atoms with Gasteiger partial charge in [-0.15, -0.1) is 0 Å².